The number of Topliss-reactive ketones (excluding diaryl/α,β-unsaturated/α-hetero) is 1. The molecule has 2 atom stereocenters. The number of nitrogens with one attached hydrogen (secondary N) is 3. The van der Waals surface area contributed by atoms with E-state index in [1.54, 1.807) is 20.8 Å². The minimum Gasteiger partial charge on any atom is -0.341 e. The summed E-state index contributed by atoms with van der Waals surface area (Å²) in [4.78, 5) is 49.6. The van der Waals surface area contributed by atoms with Crippen molar-refractivity contribution >= 4 is 23.5 Å². The lowest BCUT2D eigenvalue weighted by Crippen LogP contribution is -2.63. The first-order chi connectivity index (χ1) is 10.8. The number of hydrogen-bond donors (Lipinski definition) is 3. The van der Waals surface area contributed by atoms with Crippen molar-refractivity contribution in [2.75, 3.05) is 19.6 Å². The summed E-state index contributed by atoms with van der Waals surface area (Å²) in [6, 6.07) is -0.483. The van der Waals surface area contributed by atoms with Crippen LogP contribution in [0.1, 0.15) is 33.6 Å². The molecule has 0 aromatic carbocycles. The minimum absolute atomic E-state index is 0.199. The van der Waals surface area contributed by atoms with Crippen LogP contribution in [0.25, 0.3) is 0 Å². The Labute approximate surface area is 135 Å². The molecule has 2 fully saturated rings. The standard InChI is InChI=1S/C15H24N4O4/c1-9(2)15(17-10(3)12(21)18-15)11(20)8-16-13(22)14(23)19-6-4-5-7-19/h9-10,17H,4-8H2,1-3H3,(H,16,22)(H,18,21). The largest absolute Gasteiger partial charge is 0.341 e. The normalized spacial score (nSPS) is 27.2. The third kappa shape index (κ3) is 3.36. The summed E-state index contributed by atoms with van der Waals surface area (Å²) < 4.78 is 0. The fraction of sp³-hybridized carbons (Fsp3) is 0.733. The van der Waals surface area contributed by atoms with Crippen LogP contribution in [0.3, 0.4) is 0 Å². The van der Waals surface area contributed by atoms with Gasteiger partial charge in [0.05, 0.1) is 12.6 Å². The van der Waals surface area contributed by atoms with E-state index in [0.29, 0.717) is 13.1 Å². The number of hydrogen-bond acceptors (Lipinski definition) is 5. The average molecular weight is 324 g/mol. The Hall–Kier alpha value is -1.96. The maximum absolute atomic E-state index is 12.5. The molecular formula is C15H24N4O4. The first kappa shape index (κ1) is 17.4. The van der Waals surface area contributed by atoms with Gasteiger partial charge in [-0.3, -0.25) is 24.5 Å². The molecular weight excluding hydrogens is 300 g/mol. The molecule has 2 saturated heterocycles. The van der Waals surface area contributed by atoms with Crippen LogP contribution in [0.5, 0.6) is 0 Å². The first-order valence-corrected chi connectivity index (χ1v) is 7.98. The number of nitrogens with zero attached hydrogens (tertiary/aromatic N) is 1. The van der Waals surface area contributed by atoms with Crippen LogP contribution in [0.2, 0.25) is 0 Å². The second kappa shape index (κ2) is 6.66. The van der Waals surface area contributed by atoms with Gasteiger partial charge < -0.3 is 15.5 Å². The highest BCUT2D eigenvalue weighted by Gasteiger charge is 2.49. The van der Waals surface area contributed by atoms with Crippen molar-refractivity contribution in [3.63, 3.8) is 0 Å². The Kier molecular flexibility index (Phi) is 5.03. The summed E-state index contributed by atoms with van der Waals surface area (Å²) in [5.41, 5.74) is -1.21. The number of carbonyl (C=O) groups is 4. The number of ketones is 1. The highest BCUT2D eigenvalue weighted by Crippen LogP contribution is 2.21. The predicted molar refractivity (Wildman–Crippen MR) is 82.1 cm³/mol. The lowest BCUT2D eigenvalue weighted by Gasteiger charge is -2.32. The number of carbonyl (C=O) groups excluding carboxylic acids is 4. The molecule has 2 aliphatic heterocycles. The lowest BCUT2D eigenvalue weighted by atomic mass is 9.92. The fourth-order valence-corrected chi connectivity index (χ4v) is 2.97. The predicted octanol–water partition coefficient (Wildman–Crippen LogP) is -1.25. The van der Waals surface area contributed by atoms with Crippen LogP contribution in [-0.2, 0) is 19.2 Å². The lowest BCUT2D eigenvalue weighted by molar-refractivity contribution is -0.145. The van der Waals surface area contributed by atoms with Crippen LogP contribution < -0.4 is 16.0 Å². The number of amides is 3. The Morgan fingerprint density at radius 1 is 1.30 bits per heavy atom. The van der Waals surface area contributed by atoms with E-state index in [9.17, 15) is 19.2 Å². The van der Waals surface area contributed by atoms with E-state index in [0.717, 1.165) is 12.8 Å². The topological polar surface area (TPSA) is 108 Å². The van der Waals surface area contributed by atoms with Gasteiger partial charge in [-0.1, -0.05) is 13.8 Å². The van der Waals surface area contributed by atoms with E-state index in [1.807, 2.05) is 0 Å². The van der Waals surface area contributed by atoms with Gasteiger partial charge in [-0.05, 0) is 25.7 Å². The smallest absolute Gasteiger partial charge is 0.311 e. The van der Waals surface area contributed by atoms with Crippen molar-refractivity contribution in [1.29, 1.82) is 0 Å². The Morgan fingerprint density at radius 3 is 2.39 bits per heavy atom. The molecule has 2 unspecified atom stereocenters. The summed E-state index contributed by atoms with van der Waals surface area (Å²) >= 11 is 0. The molecule has 2 rings (SSSR count). The van der Waals surface area contributed by atoms with Gasteiger partial charge in [0.2, 0.25) is 5.91 Å². The average Bonchev–Trinajstić information content (AvgIpc) is 3.13. The third-order valence-corrected chi connectivity index (χ3v) is 4.46. The maximum Gasteiger partial charge on any atom is 0.311 e. The van der Waals surface area contributed by atoms with Gasteiger partial charge in [0.25, 0.3) is 0 Å². The Morgan fingerprint density at radius 2 is 1.91 bits per heavy atom. The van der Waals surface area contributed by atoms with Gasteiger partial charge in [-0.25, -0.2) is 0 Å². The van der Waals surface area contributed by atoms with Gasteiger partial charge in [-0.2, -0.15) is 0 Å². The van der Waals surface area contributed by atoms with E-state index in [4.69, 9.17) is 0 Å². The number of rotatable bonds is 4. The quantitative estimate of drug-likeness (QED) is 0.560. The molecule has 23 heavy (non-hydrogen) atoms. The number of likely N-dealkylation sites (tertiary alicyclic amines) is 1. The van der Waals surface area contributed by atoms with Crippen molar-refractivity contribution in [1.82, 2.24) is 20.9 Å². The molecule has 0 aromatic heterocycles. The monoisotopic (exact) mass is 324 g/mol. The molecule has 3 amide bonds. The van der Waals surface area contributed by atoms with Crippen LogP contribution in [0, 0.1) is 5.92 Å². The molecule has 0 radical (unpaired) electrons. The fourth-order valence-electron chi connectivity index (χ4n) is 2.97. The molecule has 8 nitrogen and oxygen atoms in total. The Balaban J connectivity index is 1.96. The summed E-state index contributed by atoms with van der Waals surface area (Å²) in [5.74, 6) is -2.21. The molecule has 8 heteroatoms. The van der Waals surface area contributed by atoms with Crippen LogP contribution in [-0.4, -0.2) is 59.7 Å². The summed E-state index contributed by atoms with van der Waals surface area (Å²) in [5, 5.41) is 8.02. The highest BCUT2D eigenvalue weighted by atomic mass is 16.2. The Bertz CT molecular complexity index is 528. The third-order valence-electron chi connectivity index (χ3n) is 4.46. The van der Waals surface area contributed by atoms with Crippen LogP contribution in [0.4, 0.5) is 0 Å². The van der Waals surface area contributed by atoms with Crippen molar-refractivity contribution < 1.29 is 19.2 Å². The zero-order valence-corrected chi connectivity index (χ0v) is 13.8. The SMILES string of the molecule is CC1NC(C(=O)CNC(=O)C(=O)N2CCCC2)(C(C)C)NC1=O. The highest BCUT2D eigenvalue weighted by molar-refractivity contribution is 6.35. The summed E-state index contributed by atoms with van der Waals surface area (Å²) in [7, 11) is 0. The van der Waals surface area contributed by atoms with Crippen molar-refractivity contribution in [2.24, 2.45) is 5.92 Å². The molecule has 0 aromatic rings. The van der Waals surface area contributed by atoms with Crippen LogP contribution in [0.15, 0.2) is 0 Å². The molecule has 2 aliphatic rings. The maximum atomic E-state index is 12.5. The second-order valence-corrected chi connectivity index (χ2v) is 6.42. The molecule has 128 valence electrons. The van der Waals surface area contributed by atoms with Gasteiger partial charge in [0.15, 0.2) is 11.4 Å². The molecule has 0 spiro atoms. The van der Waals surface area contributed by atoms with Gasteiger partial charge in [0, 0.05) is 13.1 Å². The van der Waals surface area contributed by atoms with Crippen molar-refractivity contribution in [3.8, 4) is 0 Å². The van der Waals surface area contributed by atoms with Gasteiger partial charge in [0.1, 0.15) is 0 Å². The zero-order chi connectivity index (χ0) is 17.2. The van der Waals surface area contributed by atoms with E-state index in [2.05, 4.69) is 16.0 Å². The van der Waals surface area contributed by atoms with Crippen molar-refractivity contribution in [3.05, 3.63) is 0 Å². The second-order valence-electron chi connectivity index (χ2n) is 6.42. The van der Waals surface area contributed by atoms with E-state index >= 15 is 0 Å². The minimum atomic E-state index is -1.21. The summed E-state index contributed by atoms with van der Waals surface area (Å²) in [6.07, 6.45) is 1.78. The molecule has 0 saturated carbocycles. The van der Waals surface area contributed by atoms with E-state index in [-0.39, 0.29) is 24.2 Å². The molecule has 2 heterocycles. The molecule has 3 N–H and O–H groups in total. The van der Waals surface area contributed by atoms with Gasteiger partial charge in [-0.15, -0.1) is 0 Å². The van der Waals surface area contributed by atoms with E-state index in [1.165, 1.54) is 4.90 Å². The molecule has 0 bridgehead atoms. The van der Waals surface area contributed by atoms with Crippen molar-refractivity contribution in [2.45, 2.75) is 45.3 Å². The van der Waals surface area contributed by atoms with E-state index < -0.39 is 23.5 Å². The zero-order valence-electron chi connectivity index (χ0n) is 13.8. The summed E-state index contributed by atoms with van der Waals surface area (Å²) in [6.45, 7) is 6.12. The van der Waals surface area contributed by atoms with Crippen LogP contribution >= 0.6 is 0 Å². The molecule has 0 aliphatic carbocycles. The first-order valence-electron chi connectivity index (χ1n) is 7.98. The van der Waals surface area contributed by atoms with Gasteiger partial charge >= 0.3 is 11.8 Å².